The molecule has 3 aromatic carbocycles. The number of amides is 1. The van der Waals surface area contributed by atoms with Gasteiger partial charge in [-0.2, -0.15) is 5.10 Å². The third-order valence-electron chi connectivity index (χ3n) is 4.95. The molecular formula is C25H21F5N2O2. The Balaban J connectivity index is 1.59. The molecule has 0 fully saturated rings. The molecular weight excluding hydrogens is 455 g/mol. The average molecular weight is 476 g/mol. The normalized spacial score (nSPS) is 11.6. The Morgan fingerprint density at radius 1 is 0.853 bits per heavy atom. The SMILES string of the molecule is CC(C)(C)c1ccc(OCc2ccc(C(=O)N/N=C\c3c(F)c(F)c(F)c(F)c3F)cc2)cc1. The van der Waals surface area contributed by atoms with Crippen LogP contribution in [0.25, 0.3) is 0 Å². The molecule has 0 aliphatic heterocycles. The first-order valence-electron chi connectivity index (χ1n) is 10.2. The predicted molar refractivity (Wildman–Crippen MR) is 117 cm³/mol. The second kappa shape index (κ2) is 10.0. The fourth-order valence-electron chi connectivity index (χ4n) is 2.93. The summed E-state index contributed by atoms with van der Waals surface area (Å²) < 4.78 is 72.5. The van der Waals surface area contributed by atoms with Gasteiger partial charge in [-0.05, 0) is 40.8 Å². The van der Waals surface area contributed by atoms with Gasteiger partial charge in [-0.1, -0.05) is 45.0 Å². The molecule has 1 N–H and O–H groups in total. The number of rotatable bonds is 6. The summed E-state index contributed by atoms with van der Waals surface area (Å²) in [6, 6.07) is 14.0. The molecule has 0 saturated heterocycles. The van der Waals surface area contributed by atoms with Crippen LogP contribution in [0.2, 0.25) is 0 Å². The highest BCUT2D eigenvalue weighted by molar-refractivity contribution is 5.94. The summed E-state index contributed by atoms with van der Waals surface area (Å²) in [6.07, 6.45) is 0.349. The smallest absolute Gasteiger partial charge is 0.271 e. The minimum absolute atomic E-state index is 0.0344. The number of halogens is 5. The van der Waals surface area contributed by atoms with Gasteiger partial charge in [0, 0.05) is 5.56 Å². The van der Waals surface area contributed by atoms with E-state index in [4.69, 9.17) is 4.74 Å². The average Bonchev–Trinajstić information content (AvgIpc) is 2.82. The molecule has 178 valence electrons. The predicted octanol–water partition coefficient (Wildman–Crippen LogP) is 6.02. The molecule has 34 heavy (non-hydrogen) atoms. The van der Waals surface area contributed by atoms with Crippen LogP contribution < -0.4 is 10.2 Å². The first-order chi connectivity index (χ1) is 16.0. The van der Waals surface area contributed by atoms with Crippen molar-refractivity contribution in [2.45, 2.75) is 32.8 Å². The van der Waals surface area contributed by atoms with Crippen molar-refractivity contribution < 1.29 is 31.5 Å². The highest BCUT2D eigenvalue weighted by Crippen LogP contribution is 2.25. The molecule has 0 heterocycles. The molecule has 0 spiro atoms. The van der Waals surface area contributed by atoms with Crippen LogP contribution in [0, 0.1) is 29.1 Å². The fourth-order valence-corrected chi connectivity index (χ4v) is 2.93. The Bertz CT molecular complexity index is 1190. The van der Waals surface area contributed by atoms with Gasteiger partial charge in [0.15, 0.2) is 23.3 Å². The summed E-state index contributed by atoms with van der Waals surface area (Å²) in [5.74, 6) is -10.6. The summed E-state index contributed by atoms with van der Waals surface area (Å²) in [6.45, 7) is 6.61. The van der Waals surface area contributed by atoms with Crippen LogP contribution >= 0.6 is 0 Å². The lowest BCUT2D eigenvalue weighted by Crippen LogP contribution is -2.18. The highest BCUT2D eigenvalue weighted by atomic mass is 19.2. The molecule has 3 rings (SSSR count). The lowest BCUT2D eigenvalue weighted by atomic mass is 9.87. The van der Waals surface area contributed by atoms with Crippen LogP contribution in [-0.2, 0) is 12.0 Å². The van der Waals surface area contributed by atoms with Crippen molar-refractivity contribution in [3.8, 4) is 5.75 Å². The van der Waals surface area contributed by atoms with E-state index in [1.165, 1.54) is 17.7 Å². The van der Waals surface area contributed by atoms with E-state index in [0.29, 0.717) is 12.0 Å². The number of ether oxygens (including phenoxy) is 1. The second-order valence-corrected chi connectivity index (χ2v) is 8.44. The van der Waals surface area contributed by atoms with E-state index in [2.05, 4.69) is 25.9 Å². The molecule has 1 amide bonds. The van der Waals surface area contributed by atoms with E-state index < -0.39 is 40.6 Å². The molecule has 0 unspecified atom stereocenters. The minimum Gasteiger partial charge on any atom is -0.489 e. The lowest BCUT2D eigenvalue weighted by molar-refractivity contribution is 0.0955. The van der Waals surface area contributed by atoms with Gasteiger partial charge in [0.2, 0.25) is 5.82 Å². The quantitative estimate of drug-likeness (QED) is 0.155. The summed E-state index contributed by atoms with van der Waals surface area (Å²) in [4.78, 5) is 12.1. The number of hydrogen-bond donors (Lipinski definition) is 1. The zero-order valence-electron chi connectivity index (χ0n) is 18.6. The molecule has 0 aliphatic carbocycles. The van der Waals surface area contributed by atoms with Gasteiger partial charge in [0.1, 0.15) is 12.4 Å². The van der Waals surface area contributed by atoms with E-state index >= 15 is 0 Å². The molecule has 0 aromatic heterocycles. The van der Waals surface area contributed by atoms with Crippen LogP contribution in [0.5, 0.6) is 5.75 Å². The van der Waals surface area contributed by atoms with Gasteiger partial charge < -0.3 is 4.74 Å². The molecule has 3 aromatic rings. The number of hydrogen-bond acceptors (Lipinski definition) is 3. The zero-order chi connectivity index (χ0) is 25.0. The van der Waals surface area contributed by atoms with E-state index in [1.54, 1.807) is 12.1 Å². The van der Waals surface area contributed by atoms with Crippen LogP contribution in [0.1, 0.15) is 47.8 Å². The molecule has 0 radical (unpaired) electrons. The van der Waals surface area contributed by atoms with E-state index in [-0.39, 0.29) is 17.6 Å². The molecule has 0 saturated carbocycles. The number of hydrazone groups is 1. The summed E-state index contributed by atoms with van der Waals surface area (Å²) in [7, 11) is 0. The molecule has 0 bridgehead atoms. The third kappa shape index (κ3) is 5.59. The minimum atomic E-state index is -2.28. The Morgan fingerprint density at radius 2 is 1.38 bits per heavy atom. The van der Waals surface area contributed by atoms with Crippen LogP contribution in [0.3, 0.4) is 0 Å². The lowest BCUT2D eigenvalue weighted by Gasteiger charge is -2.19. The number of nitrogens with zero attached hydrogens (tertiary/aromatic N) is 1. The maximum absolute atomic E-state index is 13.6. The molecule has 0 atom stereocenters. The fraction of sp³-hybridized carbons (Fsp3) is 0.200. The molecule has 0 aliphatic rings. The van der Waals surface area contributed by atoms with Crippen molar-refractivity contribution in [2.75, 3.05) is 0 Å². The Morgan fingerprint density at radius 3 is 1.91 bits per heavy atom. The van der Waals surface area contributed by atoms with Gasteiger partial charge in [-0.25, -0.2) is 27.4 Å². The van der Waals surface area contributed by atoms with Crippen LogP contribution in [-0.4, -0.2) is 12.1 Å². The van der Waals surface area contributed by atoms with Crippen molar-refractivity contribution in [3.63, 3.8) is 0 Å². The van der Waals surface area contributed by atoms with Gasteiger partial charge in [0.05, 0.1) is 11.8 Å². The summed E-state index contributed by atoms with van der Waals surface area (Å²) in [5, 5.41) is 3.29. The summed E-state index contributed by atoms with van der Waals surface area (Å²) in [5.41, 5.74) is 2.87. The van der Waals surface area contributed by atoms with Gasteiger partial charge in [-0.15, -0.1) is 0 Å². The highest BCUT2D eigenvalue weighted by Gasteiger charge is 2.24. The monoisotopic (exact) mass is 476 g/mol. The van der Waals surface area contributed by atoms with E-state index in [9.17, 15) is 26.7 Å². The first-order valence-corrected chi connectivity index (χ1v) is 10.2. The van der Waals surface area contributed by atoms with Gasteiger partial charge in [0.25, 0.3) is 5.91 Å². The van der Waals surface area contributed by atoms with Crippen molar-refractivity contribution in [1.29, 1.82) is 0 Å². The standard InChI is InChI=1S/C25H21F5N2O2/c1-25(2,3)16-8-10-17(11-9-16)34-13-14-4-6-15(7-5-14)24(33)32-31-12-18-19(26)21(28)23(30)22(29)20(18)27/h4-12H,13H2,1-3H3,(H,32,33)/b31-12-. The molecule has 9 heteroatoms. The number of carbonyl (C=O) groups is 1. The number of carbonyl (C=O) groups excluding carboxylic acids is 1. The number of nitrogens with one attached hydrogen (secondary N) is 1. The van der Waals surface area contributed by atoms with Gasteiger partial charge in [-0.3, -0.25) is 4.79 Å². The number of benzene rings is 3. The maximum Gasteiger partial charge on any atom is 0.271 e. The van der Waals surface area contributed by atoms with Crippen LogP contribution in [0.15, 0.2) is 53.6 Å². The van der Waals surface area contributed by atoms with Gasteiger partial charge >= 0.3 is 0 Å². The Labute approximate surface area is 193 Å². The van der Waals surface area contributed by atoms with Crippen molar-refractivity contribution in [2.24, 2.45) is 5.10 Å². The summed E-state index contributed by atoms with van der Waals surface area (Å²) >= 11 is 0. The van der Waals surface area contributed by atoms with Crippen molar-refractivity contribution in [1.82, 2.24) is 5.43 Å². The topological polar surface area (TPSA) is 50.7 Å². The first kappa shape index (κ1) is 24.9. The largest absolute Gasteiger partial charge is 0.489 e. The maximum atomic E-state index is 13.6. The van der Waals surface area contributed by atoms with E-state index in [1.807, 2.05) is 29.7 Å². The van der Waals surface area contributed by atoms with Crippen molar-refractivity contribution in [3.05, 3.63) is 99.9 Å². The molecule has 4 nitrogen and oxygen atoms in total. The third-order valence-corrected chi connectivity index (χ3v) is 4.95. The van der Waals surface area contributed by atoms with Crippen molar-refractivity contribution >= 4 is 12.1 Å². The zero-order valence-corrected chi connectivity index (χ0v) is 18.6. The second-order valence-electron chi connectivity index (χ2n) is 8.44. The Kier molecular flexibility index (Phi) is 7.34. The van der Waals surface area contributed by atoms with Crippen LogP contribution in [0.4, 0.5) is 22.0 Å². The Hall–Kier alpha value is -3.75. The van der Waals surface area contributed by atoms with E-state index in [0.717, 1.165) is 5.56 Å².